The molecule has 0 unspecified atom stereocenters. The Morgan fingerprint density at radius 2 is 1.85 bits per heavy atom. The van der Waals surface area contributed by atoms with Crippen molar-refractivity contribution in [1.29, 1.82) is 0 Å². The molecule has 2 nitrogen and oxygen atoms in total. The van der Waals surface area contributed by atoms with E-state index in [-0.39, 0.29) is 5.75 Å². The van der Waals surface area contributed by atoms with Crippen LogP contribution in [0.5, 0.6) is 11.5 Å². The number of rotatable bonds is 4. The summed E-state index contributed by atoms with van der Waals surface area (Å²) in [5.41, 5.74) is 0.751. The highest BCUT2D eigenvalue weighted by Gasteiger charge is 2.12. The van der Waals surface area contributed by atoms with Crippen molar-refractivity contribution in [3.05, 3.63) is 58.1 Å². The standard InChI is InChI=1S/C15H13BrF2O2/c1-2-13(19)9-3-5-11(6-4-9)20-14-8-10(16)7-12(17)15(14)18/h3-8,13,19H,2H2,1H3/t13-/m0/s1. The molecule has 0 bridgehead atoms. The second kappa shape index (κ2) is 6.33. The first-order chi connectivity index (χ1) is 9.51. The van der Waals surface area contributed by atoms with Crippen LogP contribution in [-0.4, -0.2) is 5.11 Å². The third kappa shape index (κ3) is 3.35. The molecule has 0 saturated carbocycles. The zero-order valence-electron chi connectivity index (χ0n) is 10.7. The number of halogens is 3. The maximum atomic E-state index is 13.6. The normalized spacial score (nSPS) is 12.2. The van der Waals surface area contributed by atoms with Crippen molar-refractivity contribution in [1.82, 2.24) is 0 Å². The summed E-state index contributed by atoms with van der Waals surface area (Å²) in [6.45, 7) is 1.87. The van der Waals surface area contributed by atoms with E-state index in [4.69, 9.17) is 4.74 Å². The van der Waals surface area contributed by atoms with E-state index in [1.54, 1.807) is 24.3 Å². The van der Waals surface area contributed by atoms with Gasteiger partial charge in [-0.1, -0.05) is 35.0 Å². The van der Waals surface area contributed by atoms with Gasteiger partial charge in [-0.2, -0.15) is 4.39 Å². The summed E-state index contributed by atoms with van der Waals surface area (Å²) in [5.74, 6) is -1.84. The van der Waals surface area contributed by atoms with Crippen LogP contribution >= 0.6 is 15.9 Å². The second-order valence-electron chi connectivity index (χ2n) is 4.29. The summed E-state index contributed by atoms with van der Waals surface area (Å²) in [5, 5.41) is 9.67. The van der Waals surface area contributed by atoms with Crippen LogP contribution in [0.2, 0.25) is 0 Å². The molecule has 0 amide bonds. The molecule has 2 rings (SSSR count). The van der Waals surface area contributed by atoms with Gasteiger partial charge in [0.15, 0.2) is 11.6 Å². The number of hydrogen-bond acceptors (Lipinski definition) is 2. The van der Waals surface area contributed by atoms with Crippen molar-refractivity contribution < 1.29 is 18.6 Å². The quantitative estimate of drug-likeness (QED) is 0.795. The molecule has 2 aromatic carbocycles. The Morgan fingerprint density at radius 3 is 2.45 bits per heavy atom. The predicted molar refractivity (Wildman–Crippen MR) is 75.8 cm³/mol. The largest absolute Gasteiger partial charge is 0.454 e. The fraction of sp³-hybridized carbons (Fsp3) is 0.200. The molecule has 106 valence electrons. The third-order valence-corrected chi connectivity index (χ3v) is 3.30. The Balaban J connectivity index is 2.22. The summed E-state index contributed by atoms with van der Waals surface area (Å²) in [6.07, 6.45) is 0.0650. The van der Waals surface area contributed by atoms with Crippen molar-refractivity contribution in [3.8, 4) is 11.5 Å². The predicted octanol–water partition coefficient (Wildman–Crippen LogP) is 4.96. The lowest BCUT2D eigenvalue weighted by molar-refractivity contribution is 0.173. The van der Waals surface area contributed by atoms with E-state index < -0.39 is 17.7 Å². The zero-order valence-corrected chi connectivity index (χ0v) is 12.3. The minimum Gasteiger partial charge on any atom is -0.454 e. The first-order valence-corrected chi connectivity index (χ1v) is 6.91. The molecule has 0 spiro atoms. The molecule has 0 fully saturated rings. The molecular weight excluding hydrogens is 330 g/mol. The Kier molecular flexibility index (Phi) is 4.73. The van der Waals surface area contributed by atoms with E-state index in [9.17, 15) is 13.9 Å². The topological polar surface area (TPSA) is 29.5 Å². The van der Waals surface area contributed by atoms with E-state index >= 15 is 0 Å². The summed E-state index contributed by atoms with van der Waals surface area (Å²) < 4.78 is 32.5. The minimum absolute atomic E-state index is 0.194. The monoisotopic (exact) mass is 342 g/mol. The first kappa shape index (κ1) is 14.9. The second-order valence-corrected chi connectivity index (χ2v) is 5.21. The number of ether oxygens (including phenoxy) is 1. The maximum Gasteiger partial charge on any atom is 0.201 e. The van der Waals surface area contributed by atoms with Crippen LogP contribution in [-0.2, 0) is 0 Å². The van der Waals surface area contributed by atoms with Crippen molar-refractivity contribution >= 4 is 15.9 Å². The molecule has 0 aromatic heterocycles. The van der Waals surface area contributed by atoms with Gasteiger partial charge in [-0.15, -0.1) is 0 Å². The molecule has 0 aliphatic carbocycles. The fourth-order valence-electron chi connectivity index (χ4n) is 1.73. The lowest BCUT2D eigenvalue weighted by Crippen LogP contribution is -1.95. The molecule has 1 atom stereocenters. The minimum atomic E-state index is -1.04. The van der Waals surface area contributed by atoms with Crippen molar-refractivity contribution in [3.63, 3.8) is 0 Å². The molecule has 20 heavy (non-hydrogen) atoms. The number of benzene rings is 2. The van der Waals surface area contributed by atoms with Crippen LogP contribution in [0.25, 0.3) is 0 Å². The highest BCUT2D eigenvalue weighted by molar-refractivity contribution is 9.10. The molecule has 0 saturated heterocycles. The maximum absolute atomic E-state index is 13.6. The lowest BCUT2D eigenvalue weighted by Gasteiger charge is -2.11. The van der Waals surface area contributed by atoms with Crippen LogP contribution in [0.1, 0.15) is 25.0 Å². The van der Waals surface area contributed by atoms with Crippen LogP contribution in [0.15, 0.2) is 40.9 Å². The molecular formula is C15H13BrF2O2. The molecule has 0 heterocycles. The van der Waals surface area contributed by atoms with Gasteiger partial charge in [0.25, 0.3) is 0 Å². The van der Waals surface area contributed by atoms with Crippen molar-refractivity contribution in [2.45, 2.75) is 19.4 Å². The average Bonchev–Trinajstić information content (AvgIpc) is 2.44. The van der Waals surface area contributed by atoms with Gasteiger partial charge in [0.05, 0.1) is 6.10 Å². The summed E-state index contributed by atoms with van der Waals surface area (Å²) in [7, 11) is 0. The Morgan fingerprint density at radius 1 is 1.20 bits per heavy atom. The van der Waals surface area contributed by atoms with Gasteiger partial charge in [0.1, 0.15) is 5.75 Å². The van der Waals surface area contributed by atoms with Gasteiger partial charge in [-0.25, -0.2) is 4.39 Å². The lowest BCUT2D eigenvalue weighted by atomic mass is 10.1. The van der Waals surface area contributed by atoms with Gasteiger partial charge in [0, 0.05) is 4.47 Å². The smallest absolute Gasteiger partial charge is 0.201 e. The highest BCUT2D eigenvalue weighted by Crippen LogP contribution is 2.30. The first-order valence-electron chi connectivity index (χ1n) is 6.11. The van der Waals surface area contributed by atoms with Crippen molar-refractivity contribution in [2.75, 3.05) is 0 Å². The Hall–Kier alpha value is -1.46. The summed E-state index contributed by atoms with van der Waals surface area (Å²) in [6, 6.07) is 8.97. The van der Waals surface area contributed by atoms with E-state index in [1.807, 2.05) is 6.92 Å². The Labute approximate surface area is 124 Å². The number of hydrogen-bond donors (Lipinski definition) is 1. The SMILES string of the molecule is CC[C@H](O)c1ccc(Oc2cc(Br)cc(F)c2F)cc1. The van der Waals surface area contributed by atoms with E-state index in [2.05, 4.69) is 15.9 Å². The molecule has 0 aliphatic rings. The van der Waals surface area contributed by atoms with E-state index in [0.717, 1.165) is 11.6 Å². The van der Waals surface area contributed by atoms with E-state index in [1.165, 1.54) is 6.07 Å². The molecule has 0 aliphatic heterocycles. The number of aliphatic hydroxyl groups excluding tert-OH is 1. The fourth-order valence-corrected chi connectivity index (χ4v) is 2.14. The molecule has 5 heteroatoms. The van der Waals surface area contributed by atoms with Crippen LogP contribution in [0.3, 0.4) is 0 Å². The van der Waals surface area contributed by atoms with Crippen LogP contribution in [0.4, 0.5) is 8.78 Å². The number of aliphatic hydroxyl groups is 1. The average molecular weight is 343 g/mol. The molecule has 0 radical (unpaired) electrons. The molecule has 2 aromatic rings. The van der Waals surface area contributed by atoms with Gasteiger partial charge in [0.2, 0.25) is 5.82 Å². The van der Waals surface area contributed by atoms with Crippen LogP contribution < -0.4 is 4.74 Å². The van der Waals surface area contributed by atoms with E-state index in [0.29, 0.717) is 16.6 Å². The summed E-state index contributed by atoms with van der Waals surface area (Å²) >= 11 is 3.08. The zero-order chi connectivity index (χ0) is 14.7. The van der Waals surface area contributed by atoms with Gasteiger partial charge < -0.3 is 9.84 Å². The van der Waals surface area contributed by atoms with Gasteiger partial charge in [-0.3, -0.25) is 0 Å². The highest BCUT2D eigenvalue weighted by atomic mass is 79.9. The van der Waals surface area contributed by atoms with Crippen molar-refractivity contribution in [2.24, 2.45) is 0 Å². The Bertz CT molecular complexity index is 600. The van der Waals surface area contributed by atoms with Gasteiger partial charge in [-0.05, 0) is 36.2 Å². The third-order valence-electron chi connectivity index (χ3n) is 2.84. The summed E-state index contributed by atoms with van der Waals surface area (Å²) in [4.78, 5) is 0. The van der Waals surface area contributed by atoms with Gasteiger partial charge >= 0.3 is 0 Å². The molecule has 1 N–H and O–H groups in total. The van der Waals surface area contributed by atoms with Crippen LogP contribution in [0, 0.1) is 11.6 Å².